The van der Waals surface area contributed by atoms with Crippen LogP contribution in [0.1, 0.15) is 53.9 Å². The fraction of sp³-hybridized carbons (Fsp3) is 0.444. The van der Waals surface area contributed by atoms with E-state index < -0.39 is 0 Å². The number of aryl methyl sites for hydroxylation is 1. The highest BCUT2D eigenvalue weighted by Gasteiger charge is 2.32. The van der Waals surface area contributed by atoms with Gasteiger partial charge in [0.05, 0.1) is 0 Å². The van der Waals surface area contributed by atoms with E-state index in [1.54, 1.807) is 0 Å². The third kappa shape index (κ3) is 4.40. The molecule has 3 aromatic rings. The van der Waals surface area contributed by atoms with E-state index in [1.165, 1.54) is 16.7 Å². The minimum absolute atomic E-state index is 0.0131. The number of amides is 1. The Balaban J connectivity index is 1.12. The van der Waals surface area contributed by atoms with Crippen LogP contribution in [0.2, 0.25) is 0 Å². The van der Waals surface area contributed by atoms with Crippen LogP contribution in [0.4, 0.5) is 0 Å². The number of carbonyl (C=O) groups excluding carboxylic acids is 1. The van der Waals surface area contributed by atoms with Gasteiger partial charge in [0.1, 0.15) is 17.0 Å². The van der Waals surface area contributed by atoms with Crippen LogP contribution in [0.5, 0.6) is 5.75 Å². The minimum Gasteiger partial charge on any atom is -0.487 e. The van der Waals surface area contributed by atoms with E-state index in [0.717, 1.165) is 62.1 Å². The zero-order chi connectivity index (χ0) is 22.3. The van der Waals surface area contributed by atoms with Crippen LogP contribution in [-0.2, 0) is 13.0 Å². The number of benzene rings is 2. The largest absolute Gasteiger partial charge is 0.487 e. The molecule has 0 atom stereocenters. The molecule has 1 aromatic heterocycles. The zero-order valence-corrected chi connectivity index (χ0v) is 19.3. The van der Waals surface area contributed by atoms with Gasteiger partial charge in [0.2, 0.25) is 0 Å². The van der Waals surface area contributed by atoms with Crippen LogP contribution in [-0.4, -0.2) is 41.0 Å². The van der Waals surface area contributed by atoms with Gasteiger partial charge in [-0.3, -0.25) is 9.69 Å². The van der Waals surface area contributed by atoms with E-state index in [2.05, 4.69) is 72.4 Å². The van der Waals surface area contributed by atoms with Crippen LogP contribution < -0.4 is 10.1 Å². The summed E-state index contributed by atoms with van der Waals surface area (Å²) in [6, 6.07) is 14.7. The lowest BCUT2D eigenvalue weighted by atomic mass is 9.96. The fourth-order valence-electron chi connectivity index (χ4n) is 5.09. The van der Waals surface area contributed by atoms with Gasteiger partial charge in [0.15, 0.2) is 0 Å². The van der Waals surface area contributed by atoms with Crippen molar-refractivity contribution >= 4 is 16.8 Å². The lowest BCUT2D eigenvalue weighted by Gasteiger charge is -2.32. The van der Waals surface area contributed by atoms with Crippen LogP contribution in [0, 0.1) is 12.8 Å². The van der Waals surface area contributed by atoms with Crippen molar-refractivity contribution in [1.82, 2.24) is 15.2 Å². The average Bonchev–Trinajstić information content (AvgIpc) is 3.32. The summed E-state index contributed by atoms with van der Waals surface area (Å²) in [4.78, 5) is 18.4. The van der Waals surface area contributed by atoms with Crippen molar-refractivity contribution < 1.29 is 9.53 Å². The first kappa shape index (κ1) is 21.1. The number of likely N-dealkylation sites (tertiary alicyclic amines) is 1. The molecule has 1 fully saturated rings. The van der Waals surface area contributed by atoms with Gasteiger partial charge in [-0.2, -0.15) is 0 Å². The number of rotatable bonds is 5. The Hall–Kier alpha value is -2.79. The number of aromatic nitrogens is 1. The molecule has 5 heteroatoms. The normalized spacial score (nSPS) is 18.5. The first-order valence-electron chi connectivity index (χ1n) is 11.8. The minimum atomic E-state index is -0.104. The van der Waals surface area contributed by atoms with Crippen molar-refractivity contribution in [2.45, 2.75) is 52.2 Å². The number of ether oxygens (including phenoxy) is 1. The maximum absolute atomic E-state index is 12.6. The maximum atomic E-state index is 12.6. The monoisotopic (exact) mass is 431 g/mol. The highest BCUT2D eigenvalue weighted by atomic mass is 16.5. The number of fused-ring (bicyclic) bond motifs is 2. The van der Waals surface area contributed by atoms with Gasteiger partial charge >= 0.3 is 0 Å². The van der Waals surface area contributed by atoms with E-state index in [9.17, 15) is 4.79 Å². The Morgan fingerprint density at radius 2 is 2.00 bits per heavy atom. The zero-order valence-electron chi connectivity index (χ0n) is 19.3. The molecule has 2 aliphatic heterocycles. The molecular formula is C27H33N3O2. The molecular weight excluding hydrogens is 398 g/mol. The molecule has 0 bridgehead atoms. The number of H-pyrrole nitrogens is 1. The molecule has 0 spiro atoms. The van der Waals surface area contributed by atoms with Crippen LogP contribution >= 0.6 is 0 Å². The van der Waals surface area contributed by atoms with E-state index in [4.69, 9.17) is 4.74 Å². The Bertz CT molecular complexity index is 1140. The first-order chi connectivity index (χ1) is 15.4. The lowest BCUT2D eigenvalue weighted by Crippen LogP contribution is -2.38. The highest BCUT2D eigenvalue weighted by molar-refractivity contribution is 5.98. The molecule has 32 heavy (non-hydrogen) atoms. The van der Waals surface area contributed by atoms with E-state index in [1.807, 2.05) is 6.07 Å². The molecule has 2 N–H and O–H groups in total. The van der Waals surface area contributed by atoms with Gasteiger partial charge < -0.3 is 15.0 Å². The van der Waals surface area contributed by atoms with Crippen molar-refractivity contribution in [3.8, 4) is 5.75 Å². The molecule has 0 radical (unpaired) electrons. The summed E-state index contributed by atoms with van der Waals surface area (Å²) >= 11 is 0. The predicted octanol–water partition coefficient (Wildman–Crippen LogP) is 4.83. The molecule has 2 aliphatic rings. The molecule has 0 saturated carbocycles. The van der Waals surface area contributed by atoms with E-state index in [0.29, 0.717) is 11.6 Å². The second kappa shape index (κ2) is 8.28. The standard InChI is InChI=1S/C27H33N3O2/c1-18-7-8-20-14-24(29-23(20)13-18)26(31)28-16-19-9-11-30(12-10-19)17-22-6-4-5-21-15-27(2,3)32-25(21)22/h4-8,13-14,19,29H,9-12,15-17H2,1-3H3,(H,28,31). The Morgan fingerprint density at radius 1 is 1.19 bits per heavy atom. The smallest absolute Gasteiger partial charge is 0.267 e. The Kier molecular flexibility index (Phi) is 5.46. The SMILES string of the molecule is Cc1ccc2cc(C(=O)NCC3CCN(Cc4cccc5c4OC(C)(C)C5)CC3)[nH]c2c1. The lowest BCUT2D eigenvalue weighted by molar-refractivity contribution is 0.0930. The average molecular weight is 432 g/mol. The summed E-state index contributed by atoms with van der Waals surface area (Å²) < 4.78 is 6.25. The van der Waals surface area contributed by atoms with Crippen molar-refractivity contribution in [2.24, 2.45) is 5.92 Å². The van der Waals surface area contributed by atoms with Gasteiger partial charge in [-0.05, 0) is 75.9 Å². The van der Waals surface area contributed by atoms with Gasteiger partial charge in [0.25, 0.3) is 5.91 Å². The number of piperidine rings is 1. The molecule has 5 nitrogen and oxygen atoms in total. The third-order valence-corrected chi connectivity index (χ3v) is 6.85. The molecule has 168 valence electrons. The van der Waals surface area contributed by atoms with Crippen molar-refractivity contribution in [1.29, 1.82) is 0 Å². The van der Waals surface area contributed by atoms with Gasteiger partial charge in [-0.1, -0.05) is 30.3 Å². The van der Waals surface area contributed by atoms with Crippen molar-refractivity contribution in [3.05, 3.63) is 64.8 Å². The van der Waals surface area contributed by atoms with Gasteiger partial charge in [-0.15, -0.1) is 0 Å². The maximum Gasteiger partial charge on any atom is 0.267 e. The Morgan fingerprint density at radius 3 is 2.81 bits per heavy atom. The first-order valence-corrected chi connectivity index (χ1v) is 11.8. The Labute approximate surface area is 190 Å². The number of nitrogens with zero attached hydrogens (tertiary/aromatic N) is 1. The molecule has 0 unspecified atom stereocenters. The summed E-state index contributed by atoms with van der Waals surface area (Å²) in [5.41, 5.74) is 5.38. The fourth-order valence-corrected chi connectivity index (χ4v) is 5.09. The second-order valence-corrected chi connectivity index (χ2v) is 10.1. The summed E-state index contributed by atoms with van der Waals surface area (Å²) in [7, 11) is 0. The predicted molar refractivity (Wildman–Crippen MR) is 128 cm³/mol. The van der Waals surface area contributed by atoms with Gasteiger partial charge in [-0.25, -0.2) is 0 Å². The van der Waals surface area contributed by atoms with Crippen molar-refractivity contribution in [3.63, 3.8) is 0 Å². The number of nitrogens with one attached hydrogen (secondary N) is 2. The van der Waals surface area contributed by atoms with E-state index >= 15 is 0 Å². The van der Waals surface area contributed by atoms with Crippen molar-refractivity contribution in [2.75, 3.05) is 19.6 Å². The van der Waals surface area contributed by atoms with Crippen LogP contribution in [0.25, 0.3) is 10.9 Å². The molecule has 1 saturated heterocycles. The van der Waals surface area contributed by atoms with Crippen LogP contribution in [0.15, 0.2) is 42.5 Å². The number of para-hydroxylation sites is 1. The summed E-state index contributed by atoms with van der Waals surface area (Å²) in [6.07, 6.45) is 3.19. The topological polar surface area (TPSA) is 57.4 Å². The second-order valence-electron chi connectivity index (χ2n) is 10.1. The van der Waals surface area contributed by atoms with Gasteiger partial charge in [0, 0.05) is 36.0 Å². The summed E-state index contributed by atoms with van der Waals surface area (Å²) in [6.45, 7) is 10.2. The number of carbonyl (C=O) groups is 1. The molecule has 1 amide bonds. The third-order valence-electron chi connectivity index (χ3n) is 6.85. The van der Waals surface area contributed by atoms with E-state index in [-0.39, 0.29) is 11.5 Å². The molecule has 0 aliphatic carbocycles. The summed E-state index contributed by atoms with van der Waals surface area (Å²) in [5.74, 6) is 1.61. The quantitative estimate of drug-likeness (QED) is 0.608. The number of aromatic amines is 1. The number of hydrogen-bond donors (Lipinski definition) is 2. The highest BCUT2D eigenvalue weighted by Crippen LogP contribution is 2.38. The van der Waals surface area contributed by atoms with Crippen LogP contribution in [0.3, 0.4) is 0 Å². The molecule has 2 aromatic carbocycles. The number of hydrogen-bond acceptors (Lipinski definition) is 3. The molecule has 3 heterocycles. The molecule has 5 rings (SSSR count). The summed E-state index contributed by atoms with van der Waals surface area (Å²) in [5, 5.41) is 4.22.